The first kappa shape index (κ1) is 19.3. The Morgan fingerprint density at radius 3 is 2.79 bits per heavy atom. The molecule has 1 N–H and O–H groups in total. The third kappa shape index (κ3) is 4.62. The second-order valence-electron chi connectivity index (χ2n) is 5.87. The molecule has 7 heteroatoms. The van der Waals surface area contributed by atoms with Crippen LogP contribution in [0.5, 0.6) is 17.2 Å². The molecule has 0 unspecified atom stereocenters. The molecule has 0 radical (unpaired) electrons. The van der Waals surface area contributed by atoms with Gasteiger partial charge in [0.1, 0.15) is 13.2 Å². The minimum atomic E-state index is -0.433. The molecule has 1 amide bonds. The molecule has 0 saturated carbocycles. The van der Waals surface area contributed by atoms with E-state index in [2.05, 4.69) is 5.32 Å². The van der Waals surface area contributed by atoms with Crippen molar-refractivity contribution in [3.05, 3.63) is 53.6 Å². The number of rotatable bonds is 6. The highest BCUT2D eigenvalue weighted by Crippen LogP contribution is 2.40. The van der Waals surface area contributed by atoms with Gasteiger partial charge in [0.15, 0.2) is 11.5 Å². The number of amides is 1. The molecule has 0 aliphatic carbocycles. The Morgan fingerprint density at radius 2 is 2.00 bits per heavy atom. The van der Waals surface area contributed by atoms with Crippen LogP contribution in [0.3, 0.4) is 0 Å². The number of fused-ring (bicyclic) bond motifs is 1. The average Bonchev–Trinajstić information content (AvgIpc) is 2.72. The highest BCUT2D eigenvalue weighted by atomic mass is 16.6. The summed E-state index contributed by atoms with van der Waals surface area (Å²) in [5.41, 5.74) is 1.61. The smallest absolute Gasteiger partial charge is 0.338 e. The second-order valence-corrected chi connectivity index (χ2v) is 5.87. The number of nitrogens with one attached hydrogen (secondary N) is 1. The molecule has 2 aromatic carbocycles. The summed E-state index contributed by atoms with van der Waals surface area (Å²) in [6.07, 6.45) is 3.03. The van der Waals surface area contributed by atoms with Gasteiger partial charge in [0.25, 0.3) is 0 Å². The second kappa shape index (κ2) is 8.94. The zero-order valence-electron chi connectivity index (χ0n) is 15.7. The standard InChI is InChI=1S/C21H21NO6/c1-3-26-21(24)15-5-4-6-16(13-15)22-19(23)8-7-14-11-17(25-2)20-18(12-14)27-9-10-28-20/h4-8,11-13H,3,9-10H2,1-2H3,(H,22,23)/b8-7+. The summed E-state index contributed by atoms with van der Waals surface area (Å²) < 4.78 is 21.4. The Bertz CT molecular complexity index is 889. The Morgan fingerprint density at radius 1 is 1.18 bits per heavy atom. The van der Waals surface area contributed by atoms with E-state index in [1.165, 1.54) is 6.08 Å². The van der Waals surface area contributed by atoms with Crippen molar-refractivity contribution in [2.75, 3.05) is 32.2 Å². The first-order valence-corrected chi connectivity index (χ1v) is 8.84. The molecule has 7 nitrogen and oxygen atoms in total. The number of carbonyl (C=O) groups excluding carboxylic acids is 2. The Kier molecular flexibility index (Phi) is 6.16. The van der Waals surface area contributed by atoms with Gasteiger partial charge < -0.3 is 24.3 Å². The van der Waals surface area contributed by atoms with Gasteiger partial charge >= 0.3 is 5.97 Å². The van der Waals surface area contributed by atoms with Crippen molar-refractivity contribution in [1.29, 1.82) is 0 Å². The lowest BCUT2D eigenvalue weighted by atomic mass is 10.1. The summed E-state index contributed by atoms with van der Waals surface area (Å²) in [5.74, 6) is 0.908. The predicted molar refractivity (Wildman–Crippen MR) is 104 cm³/mol. The van der Waals surface area contributed by atoms with Gasteiger partial charge in [-0.1, -0.05) is 6.07 Å². The van der Waals surface area contributed by atoms with Crippen LogP contribution in [0.25, 0.3) is 6.08 Å². The fourth-order valence-electron chi connectivity index (χ4n) is 2.68. The maximum Gasteiger partial charge on any atom is 0.338 e. The number of ether oxygens (including phenoxy) is 4. The van der Waals surface area contributed by atoms with Crippen LogP contribution in [-0.4, -0.2) is 38.8 Å². The molecule has 0 fully saturated rings. The summed E-state index contributed by atoms with van der Waals surface area (Å²) >= 11 is 0. The van der Waals surface area contributed by atoms with E-state index in [0.717, 1.165) is 5.56 Å². The quantitative estimate of drug-likeness (QED) is 0.609. The molecule has 1 aliphatic rings. The maximum atomic E-state index is 12.2. The van der Waals surface area contributed by atoms with Crippen molar-refractivity contribution >= 4 is 23.6 Å². The highest BCUT2D eigenvalue weighted by molar-refractivity contribution is 6.02. The normalized spacial score (nSPS) is 12.5. The van der Waals surface area contributed by atoms with Gasteiger partial charge in [-0.15, -0.1) is 0 Å². The zero-order valence-corrected chi connectivity index (χ0v) is 15.7. The Balaban J connectivity index is 1.71. The molecule has 0 saturated heterocycles. The van der Waals surface area contributed by atoms with E-state index in [1.54, 1.807) is 56.5 Å². The fraction of sp³-hybridized carbons (Fsp3) is 0.238. The van der Waals surface area contributed by atoms with Crippen LogP contribution in [-0.2, 0) is 9.53 Å². The van der Waals surface area contributed by atoms with Gasteiger partial charge in [0, 0.05) is 11.8 Å². The number of hydrogen-bond donors (Lipinski definition) is 1. The van der Waals surface area contributed by atoms with E-state index in [1.807, 2.05) is 0 Å². The third-order valence-electron chi connectivity index (χ3n) is 3.92. The van der Waals surface area contributed by atoms with E-state index in [-0.39, 0.29) is 12.5 Å². The molecule has 0 bridgehead atoms. The third-order valence-corrected chi connectivity index (χ3v) is 3.92. The number of benzene rings is 2. The highest BCUT2D eigenvalue weighted by Gasteiger charge is 2.17. The van der Waals surface area contributed by atoms with Crippen LogP contribution in [0, 0.1) is 0 Å². The molecule has 28 heavy (non-hydrogen) atoms. The molecular weight excluding hydrogens is 362 g/mol. The molecule has 3 rings (SSSR count). The van der Waals surface area contributed by atoms with Crippen molar-refractivity contribution in [1.82, 2.24) is 0 Å². The summed E-state index contributed by atoms with van der Waals surface area (Å²) in [4.78, 5) is 24.0. The number of methoxy groups -OCH3 is 1. The van der Waals surface area contributed by atoms with Crippen molar-refractivity contribution in [3.8, 4) is 17.2 Å². The van der Waals surface area contributed by atoms with E-state index < -0.39 is 5.97 Å². The van der Waals surface area contributed by atoms with Crippen LogP contribution >= 0.6 is 0 Å². The van der Waals surface area contributed by atoms with Crippen LogP contribution in [0.4, 0.5) is 5.69 Å². The van der Waals surface area contributed by atoms with E-state index in [9.17, 15) is 9.59 Å². The molecule has 1 aliphatic heterocycles. The molecule has 146 valence electrons. The molecule has 0 spiro atoms. The van der Waals surface area contributed by atoms with Gasteiger partial charge in [0.05, 0.1) is 19.3 Å². The largest absolute Gasteiger partial charge is 0.493 e. The van der Waals surface area contributed by atoms with E-state index >= 15 is 0 Å². The minimum Gasteiger partial charge on any atom is -0.493 e. The number of carbonyl (C=O) groups is 2. The molecule has 2 aromatic rings. The monoisotopic (exact) mass is 383 g/mol. The van der Waals surface area contributed by atoms with Crippen LogP contribution < -0.4 is 19.5 Å². The predicted octanol–water partition coefficient (Wildman–Crippen LogP) is 3.30. The van der Waals surface area contributed by atoms with E-state index in [0.29, 0.717) is 41.7 Å². The maximum absolute atomic E-state index is 12.2. The van der Waals surface area contributed by atoms with Crippen LogP contribution in [0.15, 0.2) is 42.5 Å². The first-order valence-electron chi connectivity index (χ1n) is 8.84. The Hall–Kier alpha value is -3.48. The van der Waals surface area contributed by atoms with Crippen LogP contribution in [0.2, 0.25) is 0 Å². The summed E-state index contributed by atoms with van der Waals surface area (Å²) in [6.45, 7) is 2.95. The Labute approximate surface area is 162 Å². The van der Waals surface area contributed by atoms with Gasteiger partial charge in [-0.05, 0) is 48.9 Å². The average molecular weight is 383 g/mol. The van der Waals surface area contributed by atoms with Crippen molar-refractivity contribution in [2.24, 2.45) is 0 Å². The molecule has 0 atom stereocenters. The molecule has 1 heterocycles. The summed E-state index contributed by atoms with van der Waals surface area (Å²) in [6, 6.07) is 10.1. The number of esters is 1. The number of anilines is 1. The van der Waals surface area contributed by atoms with Gasteiger partial charge in [0.2, 0.25) is 11.7 Å². The SMILES string of the molecule is CCOC(=O)c1cccc(NC(=O)/C=C/c2cc(OC)c3c(c2)OCCO3)c1. The van der Waals surface area contributed by atoms with Crippen molar-refractivity contribution in [3.63, 3.8) is 0 Å². The summed E-state index contributed by atoms with van der Waals surface area (Å²) in [7, 11) is 1.55. The lowest BCUT2D eigenvalue weighted by Crippen LogP contribution is -2.16. The van der Waals surface area contributed by atoms with Crippen LogP contribution in [0.1, 0.15) is 22.8 Å². The fourth-order valence-corrected chi connectivity index (χ4v) is 2.68. The zero-order chi connectivity index (χ0) is 19.9. The van der Waals surface area contributed by atoms with Gasteiger partial charge in [-0.2, -0.15) is 0 Å². The first-order chi connectivity index (χ1) is 13.6. The van der Waals surface area contributed by atoms with E-state index in [4.69, 9.17) is 18.9 Å². The van der Waals surface area contributed by atoms with Crippen molar-refractivity contribution in [2.45, 2.75) is 6.92 Å². The minimum absolute atomic E-state index is 0.289. The lowest BCUT2D eigenvalue weighted by molar-refractivity contribution is -0.111. The topological polar surface area (TPSA) is 83.1 Å². The summed E-state index contributed by atoms with van der Waals surface area (Å²) in [5, 5.41) is 2.72. The van der Waals surface area contributed by atoms with Gasteiger partial charge in [-0.25, -0.2) is 4.79 Å². The molecule has 0 aromatic heterocycles. The molecular formula is C21H21NO6. The lowest BCUT2D eigenvalue weighted by Gasteiger charge is -2.20. The number of hydrogen-bond acceptors (Lipinski definition) is 6. The van der Waals surface area contributed by atoms with Crippen molar-refractivity contribution < 1.29 is 28.5 Å². The van der Waals surface area contributed by atoms with Gasteiger partial charge in [-0.3, -0.25) is 4.79 Å².